The molecule has 0 saturated carbocycles. The normalized spacial score (nSPS) is 13.2. The Hall–Kier alpha value is -1.60. The number of benzene rings is 1. The number of halogens is 3. The molecule has 0 amide bonds. The van der Waals surface area contributed by atoms with Gasteiger partial charge in [-0.3, -0.25) is 4.98 Å². The van der Waals surface area contributed by atoms with Crippen LogP contribution in [-0.4, -0.2) is 11.0 Å². The van der Waals surface area contributed by atoms with E-state index in [2.05, 4.69) is 4.98 Å². The van der Waals surface area contributed by atoms with Crippen LogP contribution in [0.2, 0.25) is 0 Å². The van der Waals surface area contributed by atoms with E-state index < -0.39 is 11.7 Å². The summed E-state index contributed by atoms with van der Waals surface area (Å²) in [5.41, 5.74) is 7.00. The lowest BCUT2D eigenvalue weighted by atomic mass is 10.0. The molecule has 3 nitrogen and oxygen atoms in total. The van der Waals surface area contributed by atoms with Crippen LogP contribution in [0.5, 0.6) is 5.75 Å². The van der Waals surface area contributed by atoms with Crippen molar-refractivity contribution >= 4 is 11.3 Å². The molecule has 0 aliphatic rings. The summed E-state index contributed by atoms with van der Waals surface area (Å²) < 4.78 is 44.6. The molecular weight excluding hydrogens is 301 g/mol. The molecule has 0 fully saturated rings. The van der Waals surface area contributed by atoms with E-state index in [-0.39, 0.29) is 18.4 Å². The number of hydrogen-bond donors (Lipinski definition) is 1. The maximum atomic E-state index is 13.1. The molecule has 1 unspecified atom stereocenters. The van der Waals surface area contributed by atoms with Crippen LogP contribution >= 0.6 is 11.3 Å². The summed E-state index contributed by atoms with van der Waals surface area (Å²) in [5, 5.41) is 0. The van der Waals surface area contributed by atoms with Gasteiger partial charge in [0.1, 0.15) is 12.4 Å². The van der Waals surface area contributed by atoms with Gasteiger partial charge < -0.3 is 10.5 Å². The van der Waals surface area contributed by atoms with Gasteiger partial charge in [0.15, 0.2) is 0 Å². The van der Waals surface area contributed by atoms with Crippen LogP contribution in [0, 0.1) is 0 Å². The fourth-order valence-corrected chi connectivity index (χ4v) is 2.39. The van der Waals surface area contributed by atoms with Crippen molar-refractivity contribution < 1.29 is 17.9 Å². The van der Waals surface area contributed by atoms with Crippen molar-refractivity contribution in [3.05, 3.63) is 45.9 Å². The molecule has 7 heteroatoms. The maximum Gasteiger partial charge on any atom is 0.419 e. The van der Waals surface area contributed by atoms with Crippen LogP contribution in [0.3, 0.4) is 0 Å². The number of aromatic nitrogens is 1. The first-order valence-electron chi connectivity index (χ1n) is 6.32. The third-order valence-electron chi connectivity index (χ3n) is 2.76. The summed E-state index contributed by atoms with van der Waals surface area (Å²) in [6.45, 7) is 1.82. The molecule has 1 aromatic heterocycles. The standard InChI is InChI=1S/C14H15F3N2OS/c1-9(18)4-10-2-3-13(12(5-10)14(15,16)17)20-7-11-6-19-8-21-11/h2-3,5-6,8-9H,4,7,18H2,1H3. The molecule has 21 heavy (non-hydrogen) atoms. The van der Waals surface area contributed by atoms with Crippen molar-refractivity contribution in [2.24, 2.45) is 5.73 Å². The molecule has 114 valence electrons. The highest BCUT2D eigenvalue weighted by atomic mass is 32.1. The quantitative estimate of drug-likeness (QED) is 0.916. The van der Waals surface area contributed by atoms with Gasteiger partial charge in [-0.2, -0.15) is 13.2 Å². The first kappa shape index (κ1) is 15.8. The Kier molecular flexibility index (Phi) is 4.84. The van der Waals surface area contributed by atoms with Gasteiger partial charge in [0.05, 0.1) is 16.0 Å². The third-order valence-corrected chi connectivity index (χ3v) is 3.51. The lowest BCUT2D eigenvalue weighted by Crippen LogP contribution is -2.18. The van der Waals surface area contributed by atoms with Gasteiger partial charge in [-0.05, 0) is 31.0 Å². The zero-order chi connectivity index (χ0) is 15.5. The summed E-state index contributed by atoms with van der Waals surface area (Å²) in [6, 6.07) is 3.86. The summed E-state index contributed by atoms with van der Waals surface area (Å²) in [7, 11) is 0. The van der Waals surface area contributed by atoms with Crippen molar-refractivity contribution in [1.82, 2.24) is 4.98 Å². The summed E-state index contributed by atoms with van der Waals surface area (Å²) in [6.07, 6.45) is -2.50. The highest BCUT2D eigenvalue weighted by molar-refractivity contribution is 7.09. The molecular formula is C14H15F3N2OS. The Morgan fingerprint density at radius 2 is 2.14 bits per heavy atom. The highest BCUT2D eigenvalue weighted by Crippen LogP contribution is 2.37. The van der Waals surface area contributed by atoms with Gasteiger partial charge in [0.25, 0.3) is 0 Å². The van der Waals surface area contributed by atoms with E-state index in [4.69, 9.17) is 10.5 Å². The fraction of sp³-hybridized carbons (Fsp3) is 0.357. The third kappa shape index (κ3) is 4.44. The summed E-state index contributed by atoms with van der Waals surface area (Å²) in [4.78, 5) is 4.62. The van der Waals surface area contributed by atoms with Crippen LogP contribution < -0.4 is 10.5 Å². The Balaban J connectivity index is 2.22. The molecule has 0 saturated heterocycles. The van der Waals surface area contributed by atoms with E-state index in [1.165, 1.54) is 17.4 Å². The molecule has 1 aromatic carbocycles. The monoisotopic (exact) mass is 316 g/mol. The zero-order valence-electron chi connectivity index (χ0n) is 11.4. The number of rotatable bonds is 5. The van der Waals surface area contributed by atoms with Crippen molar-refractivity contribution in [1.29, 1.82) is 0 Å². The fourth-order valence-electron chi connectivity index (χ4n) is 1.89. The van der Waals surface area contributed by atoms with Crippen molar-refractivity contribution in [3.8, 4) is 5.75 Å². The molecule has 2 aromatic rings. The zero-order valence-corrected chi connectivity index (χ0v) is 12.2. The van der Waals surface area contributed by atoms with E-state index in [0.717, 1.165) is 10.9 Å². The average molecular weight is 316 g/mol. The highest BCUT2D eigenvalue weighted by Gasteiger charge is 2.34. The number of nitrogens with two attached hydrogens (primary N) is 1. The molecule has 2 N–H and O–H groups in total. The van der Waals surface area contributed by atoms with E-state index in [1.54, 1.807) is 24.7 Å². The van der Waals surface area contributed by atoms with Gasteiger partial charge >= 0.3 is 6.18 Å². The smallest absolute Gasteiger partial charge is 0.419 e. The summed E-state index contributed by atoms with van der Waals surface area (Å²) >= 11 is 1.33. The Morgan fingerprint density at radius 3 is 2.71 bits per heavy atom. The lowest BCUT2D eigenvalue weighted by Gasteiger charge is -2.15. The molecule has 1 heterocycles. The first-order valence-corrected chi connectivity index (χ1v) is 7.20. The average Bonchev–Trinajstić information content (AvgIpc) is 2.88. The molecule has 2 rings (SSSR count). The number of thiazole rings is 1. The largest absolute Gasteiger partial charge is 0.487 e. The predicted octanol–water partition coefficient (Wildman–Crippen LogP) is 3.63. The van der Waals surface area contributed by atoms with Crippen molar-refractivity contribution in [3.63, 3.8) is 0 Å². The van der Waals surface area contributed by atoms with E-state index in [0.29, 0.717) is 12.0 Å². The SMILES string of the molecule is CC(N)Cc1ccc(OCc2cncs2)c(C(F)(F)F)c1. The summed E-state index contributed by atoms with van der Waals surface area (Å²) in [5.74, 6) is -0.177. The molecule has 0 spiro atoms. The second-order valence-corrected chi connectivity index (χ2v) is 5.74. The van der Waals surface area contributed by atoms with Crippen molar-refractivity contribution in [2.75, 3.05) is 0 Å². The minimum atomic E-state index is -4.46. The minimum absolute atomic E-state index is 0.0698. The van der Waals surface area contributed by atoms with Crippen LogP contribution in [0.1, 0.15) is 22.9 Å². The molecule has 0 bridgehead atoms. The van der Waals surface area contributed by atoms with Crippen molar-refractivity contribution in [2.45, 2.75) is 32.2 Å². The Labute approximate surface area is 124 Å². The van der Waals surface area contributed by atoms with Gasteiger partial charge in [0, 0.05) is 12.2 Å². The second-order valence-electron chi connectivity index (χ2n) is 4.77. The van der Waals surface area contributed by atoms with Crippen LogP contribution in [0.25, 0.3) is 0 Å². The molecule has 0 radical (unpaired) electrons. The second kappa shape index (κ2) is 6.44. The molecule has 0 aliphatic heterocycles. The lowest BCUT2D eigenvalue weighted by molar-refractivity contribution is -0.139. The van der Waals surface area contributed by atoms with Gasteiger partial charge in [0.2, 0.25) is 0 Å². The number of alkyl halides is 3. The number of nitrogens with zero attached hydrogens (tertiary/aromatic N) is 1. The van der Waals surface area contributed by atoms with Crippen LogP contribution in [0.15, 0.2) is 29.9 Å². The topological polar surface area (TPSA) is 48.1 Å². The van der Waals surface area contributed by atoms with E-state index >= 15 is 0 Å². The number of hydrogen-bond acceptors (Lipinski definition) is 4. The first-order chi connectivity index (χ1) is 9.86. The predicted molar refractivity (Wildman–Crippen MR) is 75.2 cm³/mol. The Morgan fingerprint density at radius 1 is 1.38 bits per heavy atom. The number of ether oxygens (including phenoxy) is 1. The van der Waals surface area contributed by atoms with E-state index in [1.807, 2.05) is 0 Å². The van der Waals surface area contributed by atoms with Gasteiger partial charge in [-0.25, -0.2) is 0 Å². The van der Waals surface area contributed by atoms with Gasteiger partial charge in [-0.1, -0.05) is 6.07 Å². The van der Waals surface area contributed by atoms with Gasteiger partial charge in [-0.15, -0.1) is 11.3 Å². The molecule has 0 aliphatic carbocycles. The van der Waals surface area contributed by atoms with Crippen LogP contribution in [-0.2, 0) is 19.2 Å². The van der Waals surface area contributed by atoms with Crippen LogP contribution in [0.4, 0.5) is 13.2 Å². The van der Waals surface area contributed by atoms with E-state index in [9.17, 15) is 13.2 Å². The minimum Gasteiger partial charge on any atom is -0.487 e. The Bertz CT molecular complexity index is 582. The molecule has 1 atom stereocenters. The maximum absolute atomic E-state index is 13.1.